The van der Waals surface area contributed by atoms with Crippen molar-refractivity contribution >= 4 is 16.0 Å². The molecule has 0 aliphatic carbocycles. The highest BCUT2D eigenvalue weighted by Crippen LogP contribution is 2.18. The van der Waals surface area contributed by atoms with Gasteiger partial charge in [-0.2, -0.15) is 8.42 Å². The lowest BCUT2D eigenvalue weighted by atomic mass is 10.0. The second kappa shape index (κ2) is 9.73. The van der Waals surface area contributed by atoms with E-state index >= 15 is 0 Å². The lowest BCUT2D eigenvalue weighted by Gasteiger charge is -2.27. The second-order valence-electron chi connectivity index (χ2n) is 7.26. The maximum atomic E-state index is 13.0. The molecule has 0 radical (unpaired) electrons. The maximum absolute atomic E-state index is 13.0. The van der Waals surface area contributed by atoms with Gasteiger partial charge in [-0.1, -0.05) is 37.6 Å². The van der Waals surface area contributed by atoms with Crippen molar-refractivity contribution in [1.82, 2.24) is 4.90 Å². The van der Waals surface area contributed by atoms with Gasteiger partial charge in [0.15, 0.2) is 0 Å². The molecule has 0 N–H and O–H groups in total. The Kier molecular flexibility index (Phi) is 7.63. The smallest absolute Gasteiger partial charge is 0.306 e. The molecule has 2 rings (SSSR count). The van der Waals surface area contributed by atoms with Gasteiger partial charge in [0.05, 0.1) is 6.26 Å². The fourth-order valence-electron chi connectivity index (χ4n) is 2.87. The number of carbonyl (C=O) groups is 1. The summed E-state index contributed by atoms with van der Waals surface area (Å²) in [4.78, 5) is 14.8. The van der Waals surface area contributed by atoms with Crippen molar-refractivity contribution in [2.75, 3.05) is 6.26 Å². The number of unbranched alkanes of at least 4 members (excludes halogenated alkanes) is 1. The number of amides is 1. The summed E-state index contributed by atoms with van der Waals surface area (Å²) in [5, 5.41) is 0. The van der Waals surface area contributed by atoms with E-state index < -0.39 is 10.1 Å². The molecule has 0 fully saturated rings. The van der Waals surface area contributed by atoms with Crippen molar-refractivity contribution < 1.29 is 17.4 Å². The van der Waals surface area contributed by atoms with E-state index in [-0.39, 0.29) is 17.7 Å². The molecule has 0 atom stereocenters. The van der Waals surface area contributed by atoms with Crippen LogP contribution in [0.1, 0.15) is 55.1 Å². The van der Waals surface area contributed by atoms with Crippen LogP contribution in [0.2, 0.25) is 0 Å². The fourth-order valence-corrected chi connectivity index (χ4v) is 3.33. The van der Waals surface area contributed by atoms with Crippen LogP contribution in [0.15, 0.2) is 48.5 Å². The van der Waals surface area contributed by atoms with Gasteiger partial charge in [-0.05, 0) is 62.1 Å². The number of hydrogen-bond donors (Lipinski definition) is 0. The van der Waals surface area contributed by atoms with Crippen molar-refractivity contribution in [3.05, 3.63) is 65.2 Å². The maximum Gasteiger partial charge on any atom is 0.306 e. The summed E-state index contributed by atoms with van der Waals surface area (Å²) in [6, 6.07) is 14.6. The van der Waals surface area contributed by atoms with E-state index in [4.69, 9.17) is 4.18 Å². The molecular formula is C22H29NO4S. The molecule has 2 aromatic carbocycles. The number of benzene rings is 2. The molecule has 0 saturated heterocycles. The van der Waals surface area contributed by atoms with Crippen LogP contribution in [-0.2, 0) is 23.1 Å². The summed E-state index contributed by atoms with van der Waals surface area (Å²) in [6.45, 7) is 6.56. The molecule has 1 amide bonds. The average molecular weight is 404 g/mol. The van der Waals surface area contributed by atoms with Gasteiger partial charge in [0.2, 0.25) is 0 Å². The van der Waals surface area contributed by atoms with Crippen LogP contribution < -0.4 is 4.18 Å². The first-order chi connectivity index (χ1) is 13.2. The van der Waals surface area contributed by atoms with E-state index in [2.05, 4.69) is 6.92 Å². The third-order valence-corrected chi connectivity index (χ3v) is 4.92. The Bertz CT molecular complexity index is 872. The minimum Gasteiger partial charge on any atom is -0.383 e. The molecule has 0 aliphatic rings. The Hall–Kier alpha value is -2.34. The van der Waals surface area contributed by atoms with E-state index in [0.29, 0.717) is 12.1 Å². The third-order valence-electron chi connectivity index (χ3n) is 4.43. The number of hydrogen-bond acceptors (Lipinski definition) is 4. The van der Waals surface area contributed by atoms with Crippen LogP contribution in [0.5, 0.6) is 5.75 Å². The molecule has 0 saturated carbocycles. The number of nitrogens with zero attached hydrogens (tertiary/aromatic N) is 1. The Morgan fingerprint density at radius 1 is 1.00 bits per heavy atom. The minimum atomic E-state index is -3.55. The van der Waals surface area contributed by atoms with Crippen LogP contribution in [-0.4, -0.2) is 31.5 Å². The van der Waals surface area contributed by atoms with Crippen LogP contribution in [0.4, 0.5) is 0 Å². The topological polar surface area (TPSA) is 63.7 Å². The SMILES string of the molecule is CCCCc1ccc(C(=O)N(Cc2ccc(OS(C)(=O)=O)cc2)C(C)C)cc1. The first kappa shape index (κ1) is 22.0. The number of aryl methyl sites for hydroxylation is 1. The summed E-state index contributed by atoms with van der Waals surface area (Å²) in [6.07, 6.45) is 4.33. The van der Waals surface area contributed by atoms with Crippen molar-refractivity contribution in [3.8, 4) is 5.75 Å². The van der Waals surface area contributed by atoms with E-state index in [9.17, 15) is 13.2 Å². The summed E-state index contributed by atoms with van der Waals surface area (Å²) >= 11 is 0. The van der Waals surface area contributed by atoms with Gasteiger partial charge in [-0.25, -0.2) is 0 Å². The predicted molar refractivity (Wildman–Crippen MR) is 112 cm³/mol. The van der Waals surface area contributed by atoms with Gasteiger partial charge < -0.3 is 9.08 Å². The zero-order valence-electron chi connectivity index (χ0n) is 17.0. The second-order valence-corrected chi connectivity index (χ2v) is 8.83. The van der Waals surface area contributed by atoms with Gasteiger partial charge in [0.1, 0.15) is 5.75 Å². The Morgan fingerprint density at radius 2 is 1.57 bits per heavy atom. The van der Waals surface area contributed by atoms with Crippen molar-refractivity contribution in [3.63, 3.8) is 0 Å². The molecule has 5 nitrogen and oxygen atoms in total. The zero-order valence-corrected chi connectivity index (χ0v) is 17.8. The van der Waals surface area contributed by atoms with Crippen molar-refractivity contribution in [1.29, 1.82) is 0 Å². The molecular weight excluding hydrogens is 374 g/mol. The highest BCUT2D eigenvalue weighted by molar-refractivity contribution is 7.86. The molecule has 0 bridgehead atoms. The van der Waals surface area contributed by atoms with E-state index in [1.54, 1.807) is 29.2 Å². The first-order valence-corrected chi connectivity index (χ1v) is 11.4. The van der Waals surface area contributed by atoms with E-state index in [1.165, 1.54) is 5.56 Å². The van der Waals surface area contributed by atoms with Crippen LogP contribution in [0, 0.1) is 0 Å². The molecule has 2 aromatic rings. The van der Waals surface area contributed by atoms with Crippen molar-refractivity contribution in [2.45, 2.75) is 52.6 Å². The summed E-state index contributed by atoms with van der Waals surface area (Å²) in [5.74, 6) is 0.241. The predicted octanol–water partition coefficient (Wildman–Crippen LogP) is 4.42. The zero-order chi connectivity index (χ0) is 20.7. The number of rotatable bonds is 9. The molecule has 0 unspecified atom stereocenters. The highest BCUT2D eigenvalue weighted by atomic mass is 32.2. The largest absolute Gasteiger partial charge is 0.383 e. The molecule has 28 heavy (non-hydrogen) atoms. The molecule has 6 heteroatoms. The fraction of sp³-hybridized carbons (Fsp3) is 0.409. The standard InChI is InChI=1S/C22H29NO4S/c1-5-6-7-18-8-12-20(13-9-18)22(24)23(17(2)3)16-19-10-14-21(15-11-19)27-28(4,25)26/h8-15,17H,5-7,16H2,1-4H3. The Balaban J connectivity index is 2.11. The monoisotopic (exact) mass is 403 g/mol. The lowest BCUT2D eigenvalue weighted by molar-refractivity contribution is 0.0690. The third kappa shape index (κ3) is 6.68. The molecule has 0 aliphatic heterocycles. The molecule has 0 spiro atoms. The molecule has 152 valence electrons. The normalized spacial score (nSPS) is 11.5. The number of carbonyl (C=O) groups excluding carboxylic acids is 1. The minimum absolute atomic E-state index is 0.0199. The van der Waals surface area contributed by atoms with Crippen LogP contribution in [0.25, 0.3) is 0 Å². The first-order valence-electron chi connectivity index (χ1n) is 9.58. The summed E-state index contributed by atoms with van der Waals surface area (Å²) in [5.41, 5.74) is 2.82. The van der Waals surface area contributed by atoms with Gasteiger partial charge in [0.25, 0.3) is 5.91 Å². The highest BCUT2D eigenvalue weighted by Gasteiger charge is 2.19. The van der Waals surface area contributed by atoms with Crippen LogP contribution in [0.3, 0.4) is 0 Å². The lowest BCUT2D eigenvalue weighted by Crippen LogP contribution is -2.36. The van der Waals surface area contributed by atoms with Crippen LogP contribution >= 0.6 is 0 Å². The quantitative estimate of drug-likeness (QED) is 0.582. The van der Waals surface area contributed by atoms with E-state index in [1.807, 2.05) is 38.1 Å². The molecule has 0 heterocycles. The van der Waals surface area contributed by atoms with Crippen molar-refractivity contribution in [2.24, 2.45) is 0 Å². The molecule has 0 aromatic heterocycles. The van der Waals surface area contributed by atoms with Gasteiger partial charge in [-0.15, -0.1) is 0 Å². The average Bonchev–Trinajstić information content (AvgIpc) is 2.64. The Morgan fingerprint density at radius 3 is 2.07 bits per heavy atom. The van der Waals surface area contributed by atoms with Gasteiger partial charge >= 0.3 is 10.1 Å². The van der Waals surface area contributed by atoms with E-state index in [0.717, 1.165) is 31.1 Å². The summed E-state index contributed by atoms with van der Waals surface area (Å²) < 4.78 is 27.3. The Labute approximate surface area is 168 Å². The van der Waals surface area contributed by atoms with Gasteiger partial charge in [0, 0.05) is 18.2 Å². The summed E-state index contributed by atoms with van der Waals surface area (Å²) in [7, 11) is -3.55. The van der Waals surface area contributed by atoms with Gasteiger partial charge in [-0.3, -0.25) is 4.79 Å².